The highest BCUT2D eigenvalue weighted by Crippen LogP contribution is 2.29. The fourth-order valence-electron chi connectivity index (χ4n) is 4.05. The minimum atomic E-state index is -3.67. The van der Waals surface area contributed by atoms with Crippen molar-refractivity contribution in [1.82, 2.24) is 29.3 Å². The van der Waals surface area contributed by atoms with Gasteiger partial charge in [0.05, 0.1) is 6.54 Å². The molecule has 4 aromatic rings. The zero-order chi connectivity index (χ0) is 22.3. The second-order valence-corrected chi connectivity index (χ2v) is 9.62. The lowest BCUT2D eigenvalue weighted by atomic mass is 10.2. The smallest absolute Gasteiger partial charge is 0.240 e. The first-order chi connectivity index (χ1) is 15.4. The highest BCUT2D eigenvalue weighted by molar-refractivity contribution is 7.95. The molecule has 1 unspecified atom stereocenters. The van der Waals surface area contributed by atoms with Crippen molar-refractivity contribution in [2.24, 2.45) is 0 Å². The van der Waals surface area contributed by atoms with Crippen molar-refractivity contribution in [3.05, 3.63) is 53.9 Å². The lowest BCUT2D eigenvalue weighted by Crippen LogP contribution is -2.40. The third-order valence-corrected chi connectivity index (χ3v) is 7.77. The van der Waals surface area contributed by atoms with Crippen LogP contribution in [0.4, 0.5) is 5.82 Å². The first-order valence-corrected chi connectivity index (χ1v) is 11.8. The largest absolute Gasteiger partial charge is 0.593 e. The highest BCUT2D eigenvalue weighted by atomic mass is 32.3. The normalized spacial score (nSPS) is 17.4. The van der Waals surface area contributed by atoms with Crippen LogP contribution < -0.4 is 4.90 Å². The maximum Gasteiger partial charge on any atom is 0.240 e. The van der Waals surface area contributed by atoms with Gasteiger partial charge in [0, 0.05) is 32.1 Å². The molecule has 0 amide bonds. The van der Waals surface area contributed by atoms with Gasteiger partial charge in [0.15, 0.2) is 27.6 Å². The predicted molar refractivity (Wildman–Crippen MR) is 118 cm³/mol. The molecule has 1 aliphatic heterocycles. The average Bonchev–Trinajstić information content (AvgIpc) is 3.26. The Hall–Kier alpha value is -3.15. The number of benzene rings is 1. The summed E-state index contributed by atoms with van der Waals surface area (Å²) in [5, 5.41) is 17.1. The van der Waals surface area contributed by atoms with E-state index in [0.717, 1.165) is 11.4 Å². The monoisotopic (exact) mass is 453 g/mol. The Labute approximate surface area is 186 Å². The summed E-state index contributed by atoms with van der Waals surface area (Å²) in [4.78, 5) is 2.26. The van der Waals surface area contributed by atoms with Crippen molar-refractivity contribution >= 4 is 21.9 Å². The molecule has 5 rings (SSSR count). The van der Waals surface area contributed by atoms with Gasteiger partial charge in [-0.2, -0.15) is 4.52 Å². The summed E-state index contributed by atoms with van der Waals surface area (Å²) in [6.07, 6.45) is 0.677. The van der Waals surface area contributed by atoms with Crippen LogP contribution in [0.5, 0.6) is 0 Å². The molecule has 1 aromatic carbocycles. The van der Waals surface area contributed by atoms with Crippen molar-refractivity contribution in [1.29, 1.82) is 0 Å². The minimum absolute atomic E-state index is 0.169. The molecule has 0 radical (unpaired) electrons. The summed E-state index contributed by atoms with van der Waals surface area (Å²) >= 11 is 0. The first-order valence-electron chi connectivity index (χ1n) is 10.4. The van der Waals surface area contributed by atoms with Crippen LogP contribution in [0.3, 0.4) is 0 Å². The van der Waals surface area contributed by atoms with Crippen LogP contribution in [0, 0.1) is 13.8 Å². The molecule has 1 fully saturated rings. The molecule has 0 N–H and O–H groups in total. The van der Waals surface area contributed by atoms with Gasteiger partial charge in [-0.1, -0.05) is 39.7 Å². The summed E-state index contributed by atoms with van der Waals surface area (Å²) in [7, 11) is -3.67. The SMILES string of the molecule is Cc1noc(C)c1[S+](=O)([O-])N1CCCN(c2ccc3nnc(-c4ccccc4)n3n2)CC1. The summed E-state index contributed by atoms with van der Waals surface area (Å²) in [5.41, 5.74) is 1.97. The molecule has 0 spiro atoms. The number of rotatable bonds is 4. The standard InChI is InChI=1S/C21H23N7O3S/c1-15-20(16(2)31-25-15)32(29,30)27-12-6-11-26(13-14-27)19-10-9-18-22-23-21(28(18)24-19)17-7-4-3-5-8-17/h3-5,7-10H,6,11-14H2,1-2H3. The fourth-order valence-corrected chi connectivity index (χ4v) is 5.81. The van der Waals surface area contributed by atoms with E-state index in [0.29, 0.717) is 55.5 Å². The maximum absolute atomic E-state index is 13.2. The molecule has 10 nitrogen and oxygen atoms in total. The second kappa shape index (κ2) is 8.08. The summed E-state index contributed by atoms with van der Waals surface area (Å²) in [6, 6.07) is 13.6. The van der Waals surface area contributed by atoms with E-state index in [1.807, 2.05) is 42.5 Å². The molecule has 1 aliphatic rings. The summed E-state index contributed by atoms with van der Waals surface area (Å²) in [5.74, 6) is 1.74. The van der Waals surface area contributed by atoms with Gasteiger partial charge >= 0.3 is 0 Å². The van der Waals surface area contributed by atoms with Gasteiger partial charge in [-0.05, 0) is 25.5 Å². The number of fused-ring (bicyclic) bond motifs is 1. The Morgan fingerprint density at radius 2 is 1.81 bits per heavy atom. The van der Waals surface area contributed by atoms with E-state index in [1.54, 1.807) is 18.4 Å². The second-order valence-electron chi connectivity index (χ2n) is 7.75. The number of hydrogen-bond acceptors (Lipinski definition) is 8. The summed E-state index contributed by atoms with van der Waals surface area (Å²) < 4.78 is 34.7. The number of nitrogens with zero attached hydrogens (tertiary/aromatic N) is 7. The number of aromatic nitrogens is 5. The van der Waals surface area contributed by atoms with E-state index in [2.05, 4.69) is 20.3 Å². The van der Waals surface area contributed by atoms with Gasteiger partial charge in [-0.25, -0.2) is 0 Å². The molecular formula is C21H23N7O3S. The highest BCUT2D eigenvalue weighted by Gasteiger charge is 2.37. The molecule has 0 bridgehead atoms. The van der Waals surface area contributed by atoms with Gasteiger partial charge < -0.3 is 14.0 Å². The van der Waals surface area contributed by atoms with Crippen LogP contribution in [-0.2, 0) is 14.6 Å². The Morgan fingerprint density at radius 1 is 1.00 bits per heavy atom. The van der Waals surface area contributed by atoms with E-state index in [1.165, 1.54) is 4.31 Å². The quantitative estimate of drug-likeness (QED) is 0.433. The molecule has 166 valence electrons. The first kappa shape index (κ1) is 20.7. The topological polar surface area (TPSA) is 116 Å². The minimum Gasteiger partial charge on any atom is -0.593 e. The van der Waals surface area contributed by atoms with E-state index < -0.39 is 10.4 Å². The third-order valence-electron chi connectivity index (χ3n) is 5.63. The van der Waals surface area contributed by atoms with Crippen molar-refractivity contribution < 1.29 is 13.3 Å². The van der Waals surface area contributed by atoms with Crippen LogP contribution in [0.1, 0.15) is 17.9 Å². The molecule has 1 atom stereocenters. The van der Waals surface area contributed by atoms with Gasteiger partial charge in [0.1, 0.15) is 11.5 Å². The van der Waals surface area contributed by atoms with Crippen LogP contribution in [0.25, 0.3) is 17.0 Å². The molecule has 0 aliphatic carbocycles. The van der Waals surface area contributed by atoms with Crippen molar-refractivity contribution in [3.8, 4) is 11.4 Å². The van der Waals surface area contributed by atoms with Crippen molar-refractivity contribution in [2.45, 2.75) is 25.2 Å². The maximum atomic E-state index is 13.2. The van der Waals surface area contributed by atoms with Gasteiger partial charge in [0.2, 0.25) is 4.90 Å². The van der Waals surface area contributed by atoms with Crippen LogP contribution in [-0.4, -0.2) is 60.0 Å². The van der Waals surface area contributed by atoms with E-state index >= 15 is 0 Å². The van der Waals surface area contributed by atoms with Crippen molar-refractivity contribution in [2.75, 3.05) is 31.1 Å². The molecule has 3 aromatic heterocycles. The Bertz CT molecular complexity index is 1280. The van der Waals surface area contributed by atoms with Crippen LogP contribution >= 0.6 is 0 Å². The van der Waals surface area contributed by atoms with E-state index in [-0.39, 0.29) is 4.90 Å². The Balaban J connectivity index is 1.40. The fraction of sp³-hybridized carbons (Fsp3) is 0.333. The van der Waals surface area contributed by atoms with Gasteiger partial charge in [-0.15, -0.1) is 19.6 Å². The van der Waals surface area contributed by atoms with Crippen LogP contribution in [0.2, 0.25) is 0 Å². The predicted octanol–water partition coefficient (Wildman–Crippen LogP) is 2.51. The van der Waals surface area contributed by atoms with Gasteiger partial charge in [-0.3, -0.25) is 0 Å². The zero-order valence-electron chi connectivity index (χ0n) is 17.8. The molecular weight excluding hydrogens is 430 g/mol. The Kier molecular flexibility index (Phi) is 5.24. The lowest BCUT2D eigenvalue weighted by Gasteiger charge is -2.26. The zero-order valence-corrected chi connectivity index (χ0v) is 18.7. The molecule has 11 heteroatoms. The Morgan fingerprint density at radius 3 is 2.56 bits per heavy atom. The molecule has 1 saturated heterocycles. The number of sulfonamides is 1. The third kappa shape index (κ3) is 3.57. The molecule has 0 saturated carbocycles. The number of hydrogen-bond donors (Lipinski definition) is 0. The average molecular weight is 454 g/mol. The summed E-state index contributed by atoms with van der Waals surface area (Å²) in [6.45, 7) is 5.25. The van der Waals surface area contributed by atoms with Crippen LogP contribution in [0.15, 0.2) is 51.9 Å². The molecule has 32 heavy (non-hydrogen) atoms. The number of anilines is 1. The van der Waals surface area contributed by atoms with Crippen molar-refractivity contribution in [3.63, 3.8) is 0 Å². The molecule has 4 heterocycles. The van der Waals surface area contributed by atoms with Gasteiger partial charge in [0.25, 0.3) is 0 Å². The van der Waals surface area contributed by atoms with E-state index in [9.17, 15) is 8.76 Å². The number of aryl methyl sites for hydroxylation is 2. The van der Waals surface area contributed by atoms with E-state index in [4.69, 9.17) is 9.62 Å². The lowest BCUT2D eigenvalue weighted by molar-refractivity contribution is 0.362.